The molecule has 2 aliphatic heterocycles. The smallest absolute Gasteiger partial charge is 0.104 e. The molecule has 19 heavy (non-hydrogen) atoms. The van der Waals surface area contributed by atoms with Crippen LogP contribution in [0.2, 0.25) is 0 Å². The fourth-order valence-electron chi connectivity index (χ4n) is 3.28. The molecule has 1 aromatic rings. The van der Waals surface area contributed by atoms with Crippen molar-refractivity contribution in [1.82, 2.24) is 0 Å². The lowest BCUT2D eigenvalue weighted by molar-refractivity contribution is -0.922. The van der Waals surface area contributed by atoms with Crippen LogP contribution in [0.15, 0.2) is 30.3 Å². The molecule has 2 bridgehead atoms. The second kappa shape index (κ2) is 5.61. The van der Waals surface area contributed by atoms with Crippen molar-refractivity contribution >= 4 is 10.1 Å². The highest BCUT2D eigenvalue weighted by atomic mass is 32.2. The molecule has 4 nitrogen and oxygen atoms in total. The first kappa shape index (κ1) is 14.5. The van der Waals surface area contributed by atoms with Gasteiger partial charge in [0.25, 0.3) is 0 Å². The van der Waals surface area contributed by atoms with Gasteiger partial charge in [0.1, 0.15) is 6.54 Å². The standard InChI is InChI=1S/C13H18N.CH4O3S/c1-2-4-12(5-3-1)10-14-8-6-13(11-14)7-9-14;1-5(2,3)4/h1-5,13H,6-11H2;1H3,(H,2,3,4)/q+1;/p-1. The molecular formula is C14H21NO3S. The van der Waals surface area contributed by atoms with E-state index in [0.29, 0.717) is 6.26 Å². The quantitative estimate of drug-likeness (QED) is 0.612. The molecule has 1 aromatic carbocycles. The van der Waals surface area contributed by atoms with Gasteiger partial charge in [0.2, 0.25) is 0 Å². The molecule has 0 aromatic heterocycles. The molecule has 2 aliphatic rings. The largest absolute Gasteiger partial charge is 0.748 e. The lowest BCUT2D eigenvalue weighted by Crippen LogP contribution is -2.42. The number of benzene rings is 1. The van der Waals surface area contributed by atoms with E-state index in [-0.39, 0.29) is 0 Å². The van der Waals surface area contributed by atoms with Gasteiger partial charge in [0.15, 0.2) is 0 Å². The maximum absolute atomic E-state index is 9.08. The maximum Gasteiger partial charge on any atom is 0.104 e. The Bertz CT molecular complexity index is 497. The number of hydrogen-bond acceptors (Lipinski definition) is 3. The molecule has 0 radical (unpaired) electrons. The van der Waals surface area contributed by atoms with Crippen LogP contribution in [0.3, 0.4) is 0 Å². The lowest BCUT2D eigenvalue weighted by atomic mass is 10.1. The number of nitrogens with zero attached hydrogens (tertiary/aromatic N) is 1. The molecule has 0 unspecified atom stereocenters. The van der Waals surface area contributed by atoms with Crippen LogP contribution in [0.4, 0.5) is 0 Å². The van der Waals surface area contributed by atoms with Crippen LogP contribution in [0.5, 0.6) is 0 Å². The van der Waals surface area contributed by atoms with Crippen molar-refractivity contribution in [3.8, 4) is 0 Å². The summed E-state index contributed by atoms with van der Waals surface area (Å²) in [5, 5.41) is 0. The van der Waals surface area contributed by atoms with Gasteiger partial charge in [-0.2, -0.15) is 0 Å². The number of quaternary nitrogens is 1. The van der Waals surface area contributed by atoms with E-state index in [1.807, 2.05) is 0 Å². The van der Waals surface area contributed by atoms with Crippen molar-refractivity contribution < 1.29 is 17.5 Å². The van der Waals surface area contributed by atoms with Crippen LogP contribution in [-0.2, 0) is 16.7 Å². The first-order chi connectivity index (χ1) is 8.86. The SMILES string of the molecule is CS(=O)(=O)[O-].c1ccc(C[N+]23CCC(CC2)C3)cc1. The summed E-state index contributed by atoms with van der Waals surface area (Å²) in [6, 6.07) is 11.0. The second-order valence-corrected chi connectivity index (χ2v) is 7.17. The Morgan fingerprint density at radius 2 is 1.74 bits per heavy atom. The lowest BCUT2D eigenvalue weighted by Gasteiger charge is -2.31. The van der Waals surface area contributed by atoms with E-state index >= 15 is 0 Å². The van der Waals surface area contributed by atoms with E-state index in [2.05, 4.69) is 30.3 Å². The second-order valence-electron chi connectivity index (χ2n) is 5.76. The third kappa shape index (κ3) is 4.60. The van der Waals surface area contributed by atoms with Gasteiger partial charge in [-0.15, -0.1) is 0 Å². The normalized spacial score (nSPS) is 28.8. The van der Waals surface area contributed by atoms with Gasteiger partial charge in [0.05, 0.1) is 29.8 Å². The Hall–Kier alpha value is -0.910. The number of rotatable bonds is 2. The Balaban J connectivity index is 0.000000232. The Kier molecular flexibility index (Phi) is 4.28. The van der Waals surface area contributed by atoms with E-state index in [4.69, 9.17) is 13.0 Å². The Morgan fingerprint density at radius 3 is 2.16 bits per heavy atom. The van der Waals surface area contributed by atoms with E-state index in [0.717, 1.165) is 5.92 Å². The number of hydrogen-bond donors (Lipinski definition) is 0. The zero-order valence-electron chi connectivity index (χ0n) is 11.3. The predicted octanol–water partition coefficient (Wildman–Crippen LogP) is 1.59. The highest BCUT2D eigenvalue weighted by molar-refractivity contribution is 7.84. The fourth-order valence-corrected chi connectivity index (χ4v) is 3.28. The molecule has 2 heterocycles. The monoisotopic (exact) mass is 283 g/mol. The van der Waals surface area contributed by atoms with Crippen LogP contribution in [0.25, 0.3) is 0 Å². The van der Waals surface area contributed by atoms with E-state index in [1.165, 1.54) is 49.1 Å². The molecule has 0 spiro atoms. The summed E-state index contributed by atoms with van der Waals surface area (Å²) in [5.41, 5.74) is 1.52. The van der Waals surface area contributed by atoms with Crippen LogP contribution in [0.1, 0.15) is 18.4 Å². The first-order valence-corrected chi connectivity index (χ1v) is 8.48. The third-order valence-electron chi connectivity index (χ3n) is 4.03. The van der Waals surface area contributed by atoms with Crippen molar-refractivity contribution in [1.29, 1.82) is 0 Å². The van der Waals surface area contributed by atoms with Crippen molar-refractivity contribution in [2.75, 3.05) is 25.9 Å². The van der Waals surface area contributed by atoms with Gasteiger partial charge in [-0.25, -0.2) is 8.42 Å². The molecule has 3 rings (SSSR count). The minimum absolute atomic E-state index is 0.604. The maximum atomic E-state index is 9.08. The molecule has 0 N–H and O–H groups in total. The molecule has 0 aliphatic carbocycles. The van der Waals surface area contributed by atoms with Gasteiger partial charge < -0.3 is 9.04 Å². The van der Waals surface area contributed by atoms with Crippen LogP contribution >= 0.6 is 0 Å². The zero-order chi connectivity index (χ0) is 13.9. The molecule has 0 atom stereocenters. The van der Waals surface area contributed by atoms with Gasteiger partial charge in [-0.1, -0.05) is 30.3 Å². The van der Waals surface area contributed by atoms with Crippen molar-refractivity contribution in [3.63, 3.8) is 0 Å². The van der Waals surface area contributed by atoms with Crippen molar-refractivity contribution in [2.24, 2.45) is 5.92 Å². The molecule has 0 amide bonds. The first-order valence-electron chi connectivity index (χ1n) is 6.66. The summed E-state index contributed by atoms with van der Waals surface area (Å²) in [6.45, 7) is 5.59. The summed E-state index contributed by atoms with van der Waals surface area (Å²) in [5.74, 6) is 1.05. The fraction of sp³-hybridized carbons (Fsp3) is 0.571. The van der Waals surface area contributed by atoms with E-state index in [1.54, 1.807) is 0 Å². The molecular weight excluding hydrogens is 262 g/mol. The summed E-state index contributed by atoms with van der Waals surface area (Å²) in [7, 11) is -3.92. The molecule has 0 saturated carbocycles. The topological polar surface area (TPSA) is 57.2 Å². The molecule has 2 fully saturated rings. The van der Waals surface area contributed by atoms with Crippen LogP contribution in [-0.4, -0.2) is 43.3 Å². The Labute approximate surface area is 115 Å². The summed E-state index contributed by atoms with van der Waals surface area (Å²) in [4.78, 5) is 0. The van der Waals surface area contributed by atoms with E-state index in [9.17, 15) is 0 Å². The highest BCUT2D eigenvalue weighted by Gasteiger charge is 2.44. The molecule has 5 heteroatoms. The van der Waals surface area contributed by atoms with Gasteiger partial charge in [0, 0.05) is 30.6 Å². The number of fused-ring (bicyclic) bond motifs is 2. The third-order valence-corrected chi connectivity index (χ3v) is 4.03. The summed E-state index contributed by atoms with van der Waals surface area (Å²) in [6.07, 6.45) is 3.56. The predicted molar refractivity (Wildman–Crippen MR) is 73.4 cm³/mol. The minimum Gasteiger partial charge on any atom is -0.748 e. The van der Waals surface area contributed by atoms with Gasteiger partial charge in [-0.05, 0) is 0 Å². The Morgan fingerprint density at radius 1 is 1.21 bits per heavy atom. The zero-order valence-corrected chi connectivity index (χ0v) is 12.1. The van der Waals surface area contributed by atoms with Crippen molar-refractivity contribution in [3.05, 3.63) is 35.9 Å². The van der Waals surface area contributed by atoms with E-state index < -0.39 is 10.1 Å². The molecule has 2 saturated heterocycles. The molecule has 106 valence electrons. The van der Waals surface area contributed by atoms with Crippen LogP contribution in [0, 0.1) is 5.92 Å². The average molecular weight is 283 g/mol. The van der Waals surface area contributed by atoms with Crippen LogP contribution < -0.4 is 0 Å². The van der Waals surface area contributed by atoms with Gasteiger partial charge >= 0.3 is 0 Å². The highest BCUT2D eigenvalue weighted by Crippen LogP contribution is 2.36. The summed E-state index contributed by atoms with van der Waals surface area (Å²) >= 11 is 0. The summed E-state index contributed by atoms with van der Waals surface area (Å²) < 4.78 is 28.6. The number of piperidine rings is 1. The van der Waals surface area contributed by atoms with Crippen molar-refractivity contribution in [2.45, 2.75) is 19.4 Å². The average Bonchev–Trinajstić information content (AvgIpc) is 2.88. The van der Waals surface area contributed by atoms with Gasteiger partial charge in [-0.3, -0.25) is 0 Å². The minimum atomic E-state index is -3.92.